The second-order valence-corrected chi connectivity index (χ2v) is 19.1. The SMILES string of the molecule is CC(C)=C(NC(=S)[S-])NC(=S)[S-].CC(O)CC(O)CC(O)C[N+](CC(O)CC(O)CC(C)O)(CC(O)CC(O)CC(C)O)CC(O)CC(O)CC(C)O.CN(C)C(=S)[S-].[Mn+2]. The standard InChI is InChI=1S/C28H60NO12.C6H10N2S4.C3H7NS2.Mn/c1-17(30)5-21(34)9-25(38)13-29(14-26(39)10-22(35)6-18(2)31,15-27(40)11-23(36)7-19(3)32)16-28(41)12-24(37)8-20(4)33;1-3(2)4(7-5(9)10)8-6(11)12;1-4(2)3(5)6;/h17-28,30-41H,5-16H2,1-4H3;1-2H3,(H2,7,9,10)(H2,8,11,12);1-2H3,(H,5,6);/q+1;;;+2/p-3. The Morgan fingerprint density at radius 2 is 0.667 bits per heavy atom. The summed E-state index contributed by atoms with van der Waals surface area (Å²) < 4.78 is 0.723. The van der Waals surface area contributed by atoms with E-state index in [9.17, 15) is 61.3 Å². The molecule has 0 spiro atoms. The van der Waals surface area contributed by atoms with Gasteiger partial charge in [0.05, 0.1) is 48.8 Å². The minimum Gasteiger partial charge on any atom is -0.411 e. The van der Waals surface area contributed by atoms with Gasteiger partial charge in [-0.15, -0.1) is 0 Å². The van der Waals surface area contributed by atoms with Crippen LogP contribution in [0.1, 0.15) is 92.9 Å². The molecule has 23 heteroatoms. The van der Waals surface area contributed by atoms with E-state index in [4.69, 9.17) is 49.7 Å². The quantitative estimate of drug-likeness (QED) is 0.0210. The summed E-state index contributed by atoms with van der Waals surface area (Å²) in [6, 6.07) is 0. The number of rotatable bonds is 26. The van der Waals surface area contributed by atoms with Crippen molar-refractivity contribution in [3.63, 3.8) is 0 Å². The number of hydrogen-bond acceptors (Lipinski definition) is 18. The minimum absolute atomic E-state index is 0. The fourth-order valence-corrected chi connectivity index (χ4v) is 6.64. The Labute approximate surface area is 401 Å². The van der Waals surface area contributed by atoms with Crippen LogP contribution < -0.4 is 10.6 Å². The zero-order chi connectivity index (χ0) is 46.8. The van der Waals surface area contributed by atoms with Crippen LogP contribution in [-0.2, 0) is 55.0 Å². The largest absolute Gasteiger partial charge is 2.00 e. The maximum absolute atomic E-state index is 11.0. The van der Waals surface area contributed by atoms with Crippen molar-refractivity contribution in [2.24, 2.45) is 0 Å². The van der Waals surface area contributed by atoms with Crippen LogP contribution in [0, 0.1) is 0 Å². The molecule has 12 atom stereocenters. The van der Waals surface area contributed by atoms with Gasteiger partial charge in [-0.1, -0.05) is 13.0 Å². The molecule has 60 heavy (non-hydrogen) atoms. The number of nitrogens with zero attached hydrogens (tertiary/aromatic N) is 2. The smallest absolute Gasteiger partial charge is 0.411 e. The van der Waals surface area contributed by atoms with Crippen molar-refractivity contribution in [1.29, 1.82) is 0 Å². The van der Waals surface area contributed by atoms with E-state index in [0.717, 1.165) is 5.57 Å². The molecule has 357 valence electrons. The maximum Gasteiger partial charge on any atom is 2.00 e. The van der Waals surface area contributed by atoms with E-state index in [1.807, 2.05) is 27.9 Å². The average Bonchev–Trinajstić information content (AvgIpc) is 2.98. The Kier molecular flexibility index (Phi) is 40.3. The van der Waals surface area contributed by atoms with Gasteiger partial charge in [-0.3, -0.25) is 0 Å². The monoisotopic (exact) mass is 1010 g/mol. The zero-order valence-electron chi connectivity index (χ0n) is 36.0. The van der Waals surface area contributed by atoms with Crippen molar-refractivity contribution in [3.05, 3.63) is 11.4 Å². The van der Waals surface area contributed by atoms with Crippen LogP contribution in [0.25, 0.3) is 0 Å². The topological polar surface area (TPSA) is 270 Å². The summed E-state index contributed by atoms with van der Waals surface area (Å²) in [7, 11) is 3.66. The van der Waals surface area contributed by atoms with Crippen LogP contribution >= 0.6 is 36.7 Å². The third kappa shape index (κ3) is 40.8. The van der Waals surface area contributed by atoms with Gasteiger partial charge in [-0.2, -0.15) is 0 Å². The zero-order valence-corrected chi connectivity index (χ0v) is 42.1. The maximum atomic E-state index is 11.0. The summed E-state index contributed by atoms with van der Waals surface area (Å²) >= 11 is 27.9. The van der Waals surface area contributed by atoms with Crippen LogP contribution in [0.3, 0.4) is 0 Å². The molecule has 0 heterocycles. The molecule has 0 aliphatic heterocycles. The van der Waals surface area contributed by atoms with E-state index in [0.29, 0.717) is 10.1 Å². The summed E-state index contributed by atoms with van der Waals surface area (Å²) in [5, 5.41) is 129. The Morgan fingerprint density at radius 3 is 0.800 bits per heavy atom. The van der Waals surface area contributed by atoms with E-state index < -0.39 is 73.2 Å². The van der Waals surface area contributed by atoms with Crippen molar-refractivity contribution < 1.29 is 82.8 Å². The number of thiocarbonyl (C=S) groups is 3. The van der Waals surface area contributed by atoms with Crippen LogP contribution in [0.4, 0.5) is 0 Å². The third-order valence-corrected chi connectivity index (χ3v) is 9.48. The number of nitrogens with one attached hydrogen (secondary N) is 2. The number of aliphatic hydroxyl groups is 12. The molecule has 14 N–H and O–H groups in total. The molecule has 16 nitrogen and oxygen atoms in total. The second kappa shape index (κ2) is 36.3. The predicted octanol–water partition coefficient (Wildman–Crippen LogP) is -1.21. The van der Waals surface area contributed by atoms with Crippen molar-refractivity contribution >= 4 is 87.5 Å². The average molecular weight is 1010 g/mol. The van der Waals surface area contributed by atoms with Gasteiger partial charge in [-0.05, 0) is 72.8 Å². The molecule has 12 unspecified atom stereocenters. The van der Waals surface area contributed by atoms with Crippen LogP contribution in [-0.4, -0.2) is 197 Å². The molecule has 0 rings (SSSR count). The molecule has 0 aromatic rings. The molecular weight excluding hydrogens is 940 g/mol. The van der Waals surface area contributed by atoms with E-state index in [-0.39, 0.29) is 108 Å². The van der Waals surface area contributed by atoms with Gasteiger partial charge in [0.1, 0.15) is 56.4 Å². The van der Waals surface area contributed by atoms with E-state index in [1.165, 1.54) is 27.7 Å². The van der Waals surface area contributed by atoms with Gasteiger partial charge >= 0.3 is 17.1 Å². The Morgan fingerprint density at radius 1 is 0.467 bits per heavy atom. The van der Waals surface area contributed by atoms with Gasteiger partial charge in [0.25, 0.3) is 0 Å². The molecule has 1 radical (unpaired) electrons. The van der Waals surface area contributed by atoms with Gasteiger partial charge in [0.2, 0.25) is 0 Å². The number of allylic oxidation sites excluding steroid dienone is 1. The number of aliphatic hydroxyl groups excluding tert-OH is 12. The molecule has 0 saturated carbocycles. The van der Waals surface area contributed by atoms with Crippen molar-refractivity contribution in [2.75, 3.05) is 40.3 Å². The van der Waals surface area contributed by atoms with Crippen molar-refractivity contribution in [2.45, 2.75) is 166 Å². The van der Waals surface area contributed by atoms with Gasteiger partial charge in [0.15, 0.2) is 0 Å². The van der Waals surface area contributed by atoms with Gasteiger partial charge in [-0.25, -0.2) is 0 Å². The summed E-state index contributed by atoms with van der Waals surface area (Å²) in [6.07, 6.45) is -12.9. The summed E-state index contributed by atoms with van der Waals surface area (Å²) in [4.78, 5) is 1.71. The first-order valence-corrected chi connectivity index (χ1v) is 21.9. The first-order valence-electron chi connectivity index (χ1n) is 19.4. The van der Waals surface area contributed by atoms with E-state index in [2.05, 4.69) is 35.5 Å². The van der Waals surface area contributed by atoms with E-state index in [1.54, 1.807) is 4.90 Å². The molecule has 0 bridgehead atoms. The Bertz CT molecular complexity index is 1070. The van der Waals surface area contributed by atoms with Gasteiger partial charge in [0, 0.05) is 39.8 Å². The molecule has 0 aromatic carbocycles. The fraction of sp³-hybridized carbons (Fsp3) is 0.865. The summed E-state index contributed by atoms with van der Waals surface area (Å²) in [5.41, 5.74) is 0.995. The molecule has 0 saturated heterocycles. The minimum atomic E-state index is -1.21. The molecule has 0 aliphatic carbocycles. The summed E-state index contributed by atoms with van der Waals surface area (Å²) in [6.45, 7) is 9.09. The van der Waals surface area contributed by atoms with Crippen molar-refractivity contribution in [3.8, 4) is 0 Å². The Hall–Kier alpha value is 0.0695. The fourth-order valence-electron chi connectivity index (χ4n) is 6.24. The number of hydrogen-bond donors (Lipinski definition) is 14. The van der Waals surface area contributed by atoms with Crippen molar-refractivity contribution in [1.82, 2.24) is 15.5 Å². The summed E-state index contributed by atoms with van der Waals surface area (Å²) in [5.74, 6) is 0.676. The normalized spacial score (nSPS) is 18.1. The molecule has 0 amide bonds. The first-order chi connectivity index (χ1) is 26.9. The Balaban J connectivity index is -0.000000680. The van der Waals surface area contributed by atoms with E-state index >= 15 is 0 Å². The number of quaternary nitrogens is 1. The van der Waals surface area contributed by atoms with Crippen LogP contribution in [0.15, 0.2) is 11.4 Å². The molecule has 0 aromatic heterocycles. The van der Waals surface area contributed by atoms with Crippen LogP contribution in [0.2, 0.25) is 0 Å². The van der Waals surface area contributed by atoms with Crippen LogP contribution in [0.5, 0.6) is 0 Å². The second-order valence-electron chi connectivity index (χ2n) is 15.9. The molecule has 0 aliphatic rings. The predicted molar refractivity (Wildman–Crippen MR) is 250 cm³/mol. The molecular formula is C37H74MnN4O12S6. The first kappa shape index (κ1) is 66.7. The third-order valence-electron chi connectivity index (χ3n) is 8.34. The van der Waals surface area contributed by atoms with Gasteiger partial charge < -0.3 is 156 Å². The molecule has 0 fully saturated rings.